The Bertz CT molecular complexity index is 104. The molecule has 0 aromatic rings. The third-order valence-electron chi connectivity index (χ3n) is 1.85. The maximum Gasteiger partial charge on any atom is 0.125 e. The van der Waals surface area contributed by atoms with Gasteiger partial charge >= 0.3 is 0 Å². The summed E-state index contributed by atoms with van der Waals surface area (Å²) in [6, 6.07) is 0. The Kier molecular flexibility index (Phi) is 3.09. The van der Waals surface area contributed by atoms with Gasteiger partial charge in [0.15, 0.2) is 0 Å². The lowest BCUT2D eigenvalue weighted by Gasteiger charge is -1.90. The summed E-state index contributed by atoms with van der Waals surface area (Å²) in [4.78, 5) is 0. The lowest BCUT2D eigenvalue weighted by molar-refractivity contribution is 0.760. The van der Waals surface area contributed by atoms with Crippen molar-refractivity contribution in [2.24, 2.45) is 17.6 Å². The summed E-state index contributed by atoms with van der Waals surface area (Å²) in [7, 11) is 0. The molecule has 1 saturated carbocycles. The number of nitrogens with two attached hydrogens (primary N) is 1. The van der Waals surface area contributed by atoms with E-state index in [1.807, 2.05) is 6.92 Å². The highest BCUT2D eigenvalue weighted by atomic mass is 35.5. The van der Waals surface area contributed by atoms with E-state index in [4.69, 9.17) is 28.9 Å². The molecule has 1 aliphatic rings. The van der Waals surface area contributed by atoms with E-state index in [1.165, 1.54) is 0 Å². The zero-order valence-corrected chi connectivity index (χ0v) is 7.43. The normalized spacial score (nSPS) is 37.3. The molecule has 0 heterocycles. The van der Waals surface area contributed by atoms with Gasteiger partial charge in [-0.3, -0.25) is 0 Å². The minimum Gasteiger partial charge on any atom is -0.330 e. The molecular weight excluding hydrogens is 180 g/mol. The van der Waals surface area contributed by atoms with Gasteiger partial charge in [-0.15, -0.1) is 35.6 Å². The molecule has 56 valence electrons. The molecule has 0 aromatic carbocycles. The summed E-state index contributed by atoms with van der Waals surface area (Å²) >= 11 is 11.5. The Morgan fingerprint density at radius 1 is 1.56 bits per heavy atom. The van der Waals surface area contributed by atoms with Crippen LogP contribution in [0, 0.1) is 11.8 Å². The molecule has 1 nitrogen and oxygen atoms in total. The van der Waals surface area contributed by atoms with Gasteiger partial charge in [-0.1, -0.05) is 6.92 Å². The molecule has 2 atom stereocenters. The Hall–Kier alpha value is 0.830. The van der Waals surface area contributed by atoms with Crippen molar-refractivity contribution in [2.75, 3.05) is 6.54 Å². The van der Waals surface area contributed by atoms with E-state index in [-0.39, 0.29) is 12.4 Å². The van der Waals surface area contributed by atoms with E-state index in [0.29, 0.717) is 18.4 Å². The predicted molar refractivity (Wildman–Crippen MR) is 43.4 cm³/mol. The fourth-order valence-corrected chi connectivity index (χ4v) is 1.66. The third kappa shape index (κ3) is 1.45. The number of rotatable bonds is 1. The Balaban J connectivity index is 0.000000640. The van der Waals surface area contributed by atoms with Crippen LogP contribution in [0.4, 0.5) is 0 Å². The van der Waals surface area contributed by atoms with Gasteiger partial charge in [0.25, 0.3) is 0 Å². The number of hydrogen-bond acceptors (Lipinski definition) is 1. The second-order valence-corrected chi connectivity index (χ2v) is 3.75. The zero-order chi connectivity index (χ0) is 6.36. The van der Waals surface area contributed by atoms with E-state index in [9.17, 15) is 0 Å². The fraction of sp³-hybridized carbons (Fsp3) is 1.00. The van der Waals surface area contributed by atoms with Crippen molar-refractivity contribution < 1.29 is 0 Å². The summed E-state index contributed by atoms with van der Waals surface area (Å²) in [6.07, 6.45) is 0. The van der Waals surface area contributed by atoms with Crippen molar-refractivity contribution >= 4 is 35.6 Å². The highest BCUT2D eigenvalue weighted by Crippen LogP contribution is 2.58. The Morgan fingerprint density at radius 2 is 1.89 bits per heavy atom. The van der Waals surface area contributed by atoms with Gasteiger partial charge in [0.05, 0.1) is 0 Å². The van der Waals surface area contributed by atoms with Crippen molar-refractivity contribution in [1.82, 2.24) is 0 Å². The summed E-state index contributed by atoms with van der Waals surface area (Å²) in [5.41, 5.74) is 5.33. The second-order valence-electron chi connectivity index (χ2n) is 2.31. The van der Waals surface area contributed by atoms with Crippen LogP contribution in [0.5, 0.6) is 0 Å². The maximum absolute atomic E-state index is 5.74. The molecule has 2 N–H and O–H groups in total. The average Bonchev–Trinajstić information content (AvgIpc) is 2.09. The Labute approximate surface area is 71.3 Å². The molecule has 1 aliphatic carbocycles. The molecule has 0 aromatic heterocycles. The van der Waals surface area contributed by atoms with E-state index in [1.54, 1.807) is 0 Å². The molecule has 1 fully saturated rings. The second kappa shape index (κ2) is 2.83. The average molecular weight is 191 g/mol. The monoisotopic (exact) mass is 189 g/mol. The molecule has 0 bridgehead atoms. The molecular formula is C5H10Cl3N. The first kappa shape index (κ1) is 9.83. The van der Waals surface area contributed by atoms with E-state index in [0.717, 1.165) is 0 Å². The first-order valence-corrected chi connectivity index (χ1v) is 3.44. The van der Waals surface area contributed by atoms with Crippen LogP contribution in [0.1, 0.15) is 6.92 Å². The zero-order valence-electron chi connectivity index (χ0n) is 5.10. The number of hydrogen-bond donors (Lipinski definition) is 1. The Morgan fingerprint density at radius 3 is 1.89 bits per heavy atom. The van der Waals surface area contributed by atoms with Gasteiger partial charge in [0.1, 0.15) is 4.33 Å². The smallest absolute Gasteiger partial charge is 0.125 e. The quantitative estimate of drug-likeness (QED) is 0.627. The van der Waals surface area contributed by atoms with Crippen LogP contribution >= 0.6 is 35.6 Å². The van der Waals surface area contributed by atoms with Gasteiger partial charge in [-0.2, -0.15) is 0 Å². The van der Waals surface area contributed by atoms with Crippen molar-refractivity contribution in [2.45, 2.75) is 11.3 Å². The highest BCUT2D eigenvalue weighted by Gasteiger charge is 2.59. The predicted octanol–water partition coefficient (Wildman–Crippen LogP) is 1.81. The first-order valence-electron chi connectivity index (χ1n) is 2.68. The van der Waals surface area contributed by atoms with Gasteiger partial charge in [0, 0.05) is 5.92 Å². The van der Waals surface area contributed by atoms with Crippen molar-refractivity contribution in [3.8, 4) is 0 Å². The summed E-state index contributed by atoms with van der Waals surface area (Å²) in [5, 5.41) is 0. The number of halogens is 3. The number of alkyl halides is 2. The standard InChI is InChI=1S/C5H9Cl2N.ClH/c1-3-4(2-8)5(3,6)7;/h3-4H,2,8H2,1H3;1H/t3-,4+;/m0./s1. The molecule has 0 amide bonds. The molecule has 9 heavy (non-hydrogen) atoms. The summed E-state index contributed by atoms with van der Waals surface area (Å²) in [6.45, 7) is 2.62. The largest absolute Gasteiger partial charge is 0.330 e. The van der Waals surface area contributed by atoms with Crippen LogP contribution in [0.15, 0.2) is 0 Å². The fourth-order valence-electron chi connectivity index (χ4n) is 0.921. The van der Waals surface area contributed by atoms with E-state index >= 15 is 0 Å². The molecule has 0 saturated heterocycles. The van der Waals surface area contributed by atoms with Crippen molar-refractivity contribution in [1.29, 1.82) is 0 Å². The van der Waals surface area contributed by atoms with Crippen LogP contribution in [-0.2, 0) is 0 Å². The molecule has 0 aliphatic heterocycles. The van der Waals surface area contributed by atoms with Gasteiger partial charge in [0.2, 0.25) is 0 Å². The summed E-state index contributed by atoms with van der Waals surface area (Å²) in [5.74, 6) is 0.710. The maximum atomic E-state index is 5.74. The molecule has 4 heteroatoms. The highest BCUT2D eigenvalue weighted by molar-refractivity contribution is 6.51. The van der Waals surface area contributed by atoms with Crippen LogP contribution in [-0.4, -0.2) is 10.9 Å². The molecule has 0 spiro atoms. The molecule has 1 rings (SSSR count). The van der Waals surface area contributed by atoms with E-state index < -0.39 is 4.33 Å². The minimum atomic E-state index is -0.505. The van der Waals surface area contributed by atoms with E-state index in [2.05, 4.69) is 0 Å². The summed E-state index contributed by atoms with van der Waals surface area (Å²) < 4.78 is -0.505. The van der Waals surface area contributed by atoms with Crippen LogP contribution < -0.4 is 5.73 Å². The SMILES string of the molecule is C[C@H]1[C@@H](CN)C1(Cl)Cl.Cl. The first-order chi connectivity index (χ1) is 3.60. The van der Waals surface area contributed by atoms with Crippen molar-refractivity contribution in [3.63, 3.8) is 0 Å². The lowest BCUT2D eigenvalue weighted by atomic mass is 10.3. The van der Waals surface area contributed by atoms with Crippen molar-refractivity contribution in [3.05, 3.63) is 0 Å². The van der Waals surface area contributed by atoms with Gasteiger partial charge in [-0.25, -0.2) is 0 Å². The third-order valence-corrected chi connectivity index (χ3v) is 3.10. The molecule has 0 unspecified atom stereocenters. The van der Waals surface area contributed by atoms with Gasteiger partial charge < -0.3 is 5.73 Å². The molecule has 0 radical (unpaired) electrons. The van der Waals surface area contributed by atoms with Crippen LogP contribution in [0.2, 0.25) is 0 Å². The lowest BCUT2D eigenvalue weighted by Crippen LogP contribution is -2.05. The minimum absolute atomic E-state index is 0. The van der Waals surface area contributed by atoms with Gasteiger partial charge in [-0.05, 0) is 12.5 Å². The van der Waals surface area contributed by atoms with Crippen LogP contribution in [0.25, 0.3) is 0 Å². The van der Waals surface area contributed by atoms with Crippen LogP contribution in [0.3, 0.4) is 0 Å². The topological polar surface area (TPSA) is 26.0 Å².